The molecule has 0 saturated heterocycles. The number of rotatable bonds is 6. The SMILES string of the molecule is N#Cc1c(NC(=O)COC(=O)CNC(=O)c2ccccc2)sc2c1CCCCC2. The number of nitrogens with zero attached hydrogens (tertiary/aromatic N) is 1. The highest BCUT2D eigenvalue weighted by molar-refractivity contribution is 7.16. The molecule has 1 aliphatic carbocycles. The van der Waals surface area contributed by atoms with E-state index in [9.17, 15) is 19.6 Å². The first-order valence-electron chi connectivity index (χ1n) is 9.42. The highest BCUT2D eigenvalue weighted by Gasteiger charge is 2.21. The van der Waals surface area contributed by atoms with Gasteiger partial charge in [0.1, 0.15) is 17.6 Å². The number of amides is 2. The summed E-state index contributed by atoms with van der Waals surface area (Å²) in [6.45, 7) is -0.814. The molecule has 29 heavy (non-hydrogen) atoms. The van der Waals surface area contributed by atoms with Crippen molar-refractivity contribution in [3.05, 3.63) is 51.9 Å². The lowest BCUT2D eigenvalue weighted by Crippen LogP contribution is -2.32. The summed E-state index contributed by atoms with van der Waals surface area (Å²) in [4.78, 5) is 37.0. The summed E-state index contributed by atoms with van der Waals surface area (Å²) >= 11 is 1.42. The lowest BCUT2D eigenvalue weighted by Gasteiger charge is -2.07. The Morgan fingerprint density at radius 2 is 1.86 bits per heavy atom. The van der Waals surface area contributed by atoms with Crippen LogP contribution in [-0.2, 0) is 27.2 Å². The van der Waals surface area contributed by atoms with E-state index >= 15 is 0 Å². The summed E-state index contributed by atoms with van der Waals surface area (Å²) in [7, 11) is 0. The molecule has 2 N–H and O–H groups in total. The van der Waals surface area contributed by atoms with Crippen molar-refractivity contribution < 1.29 is 19.1 Å². The molecule has 2 amide bonds. The van der Waals surface area contributed by atoms with E-state index in [1.165, 1.54) is 11.3 Å². The molecule has 1 aromatic carbocycles. The van der Waals surface area contributed by atoms with E-state index < -0.39 is 24.4 Å². The first kappa shape index (κ1) is 20.6. The smallest absolute Gasteiger partial charge is 0.325 e. The number of ether oxygens (including phenoxy) is 1. The molecule has 0 bridgehead atoms. The number of anilines is 1. The van der Waals surface area contributed by atoms with Crippen LogP contribution in [0.2, 0.25) is 0 Å². The first-order valence-corrected chi connectivity index (χ1v) is 10.2. The minimum absolute atomic E-state index is 0.336. The Hall–Kier alpha value is -3.18. The molecule has 3 rings (SSSR count). The summed E-state index contributed by atoms with van der Waals surface area (Å²) in [6.07, 6.45) is 5.03. The normalized spacial score (nSPS) is 12.8. The average Bonchev–Trinajstić information content (AvgIpc) is 2.89. The average molecular weight is 411 g/mol. The number of aryl methyl sites for hydroxylation is 1. The predicted molar refractivity (Wildman–Crippen MR) is 109 cm³/mol. The molecule has 1 aliphatic rings. The molecule has 0 atom stereocenters. The number of thiophene rings is 1. The molecule has 1 heterocycles. The fraction of sp³-hybridized carbons (Fsp3) is 0.333. The second-order valence-electron chi connectivity index (χ2n) is 6.64. The molecule has 0 saturated carbocycles. The van der Waals surface area contributed by atoms with Gasteiger partial charge < -0.3 is 15.4 Å². The zero-order valence-corrected chi connectivity index (χ0v) is 16.6. The standard InChI is InChI=1S/C21H21N3O4S/c22-11-16-15-9-5-2-6-10-17(15)29-21(16)24-18(25)13-28-19(26)12-23-20(27)14-7-3-1-4-8-14/h1,3-4,7-8H,2,5-6,9-10,12-13H2,(H,23,27)(H,24,25). The van der Waals surface area contributed by atoms with Crippen LogP contribution in [0, 0.1) is 11.3 Å². The second-order valence-corrected chi connectivity index (χ2v) is 7.74. The number of carbonyl (C=O) groups excluding carboxylic acids is 3. The van der Waals surface area contributed by atoms with Gasteiger partial charge in [-0.05, 0) is 43.4 Å². The third kappa shape index (κ3) is 5.42. The van der Waals surface area contributed by atoms with E-state index in [1.807, 2.05) is 0 Å². The number of hydrogen-bond acceptors (Lipinski definition) is 6. The monoisotopic (exact) mass is 411 g/mol. The van der Waals surface area contributed by atoms with E-state index in [2.05, 4.69) is 16.7 Å². The Labute approximate surface area is 172 Å². The summed E-state index contributed by atoms with van der Waals surface area (Å²) < 4.78 is 4.91. The number of benzene rings is 1. The molecule has 0 unspecified atom stereocenters. The summed E-state index contributed by atoms with van der Waals surface area (Å²) in [5.41, 5.74) is 1.98. The van der Waals surface area contributed by atoms with Crippen molar-refractivity contribution >= 4 is 34.1 Å². The van der Waals surface area contributed by atoms with Crippen molar-refractivity contribution in [1.29, 1.82) is 5.26 Å². The van der Waals surface area contributed by atoms with Crippen LogP contribution in [0.15, 0.2) is 30.3 Å². The van der Waals surface area contributed by atoms with Crippen LogP contribution in [-0.4, -0.2) is 30.9 Å². The fourth-order valence-corrected chi connectivity index (χ4v) is 4.41. The topological polar surface area (TPSA) is 108 Å². The van der Waals surface area contributed by atoms with Gasteiger partial charge in [-0.2, -0.15) is 5.26 Å². The van der Waals surface area contributed by atoms with Crippen molar-refractivity contribution in [3.8, 4) is 6.07 Å². The minimum Gasteiger partial charge on any atom is -0.454 e. The third-order valence-electron chi connectivity index (χ3n) is 4.58. The number of fused-ring (bicyclic) bond motifs is 1. The first-order chi connectivity index (χ1) is 14.1. The molecule has 1 aromatic heterocycles. The van der Waals surface area contributed by atoms with Crippen molar-refractivity contribution in [2.24, 2.45) is 0 Å². The zero-order chi connectivity index (χ0) is 20.6. The Balaban J connectivity index is 1.48. The number of carbonyl (C=O) groups is 3. The van der Waals surface area contributed by atoms with Gasteiger partial charge in [-0.15, -0.1) is 11.3 Å². The van der Waals surface area contributed by atoms with Crippen molar-refractivity contribution in [3.63, 3.8) is 0 Å². The van der Waals surface area contributed by atoms with E-state index in [0.717, 1.165) is 42.5 Å². The highest BCUT2D eigenvalue weighted by Crippen LogP contribution is 2.36. The van der Waals surface area contributed by atoms with Gasteiger partial charge in [0.05, 0.1) is 5.56 Å². The van der Waals surface area contributed by atoms with Crippen molar-refractivity contribution in [2.75, 3.05) is 18.5 Å². The van der Waals surface area contributed by atoms with E-state index in [4.69, 9.17) is 4.74 Å². The zero-order valence-electron chi connectivity index (χ0n) is 15.8. The summed E-state index contributed by atoms with van der Waals surface area (Å²) in [5.74, 6) is -1.63. The third-order valence-corrected chi connectivity index (χ3v) is 5.79. The quantitative estimate of drug-likeness (QED) is 0.561. The van der Waals surface area contributed by atoms with Crippen LogP contribution >= 0.6 is 11.3 Å². The highest BCUT2D eigenvalue weighted by atomic mass is 32.1. The molecule has 150 valence electrons. The van der Waals surface area contributed by atoms with E-state index in [1.54, 1.807) is 30.3 Å². The molecular weight excluding hydrogens is 390 g/mol. The van der Waals surface area contributed by atoms with E-state index in [0.29, 0.717) is 16.1 Å². The number of nitrogens with one attached hydrogen (secondary N) is 2. The second kappa shape index (κ2) is 9.85. The lowest BCUT2D eigenvalue weighted by atomic mass is 10.1. The molecule has 0 spiro atoms. The van der Waals surface area contributed by atoms with Crippen LogP contribution in [0.3, 0.4) is 0 Å². The Morgan fingerprint density at radius 1 is 1.10 bits per heavy atom. The Kier molecular flexibility index (Phi) is 6.98. The molecule has 7 nitrogen and oxygen atoms in total. The van der Waals surface area contributed by atoms with E-state index in [-0.39, 0.29) is 6.54 Å². The molecule has 0 fully saturated rings. The van der Waals surface area contributed by atoms with Gasteiger partial charge in [0.25, 0.3) is 11.8 Å². The minimum atomic E-state index is -0.716. The number of nitriles is 1. The largest absolute Gasteiger partial charge is 0.454 e. The van der Waals surface area contributed by atoms with Crippen LogP contribution in [0.4, 0.5) is 5.00 Å². The van der Waals surface area contributed by atoms with Crippen LogP contribution in [0.1, 0.15) is 45.6 Å². The van der Waals surface area contributed by atoms with Crippen LogP contribution < -0.4 is 10.6 Å². The Morgan fingerprint density at radius 3 is 2.62 bits per heavy atom. The van der Waals surface area contributed by atoms with Gasteiger partial charge in [0.15, 0.2) is 6.61 Å². The van der Waals surface area contributed by atoms with Crippen LogP contribution in [0.5, 0.6) is 0 Å². The molecular formula is C21H21N3O4S. The maximum Gasteiger partial charge on any atom is 0.325 e. The van der Waals surface area contributed by atoms with Crippen molar-refractivity contribution in [1.82, 2.24) is 5.32 Å². The summed E-state index contributed by atoms with van der Waals surface area (Å²) in [6, 6.07) is 10.7. The predicted octanol–water partition coefficient (Wildman–Crippen LogP) is 2.80. The fourth-order valence-electron chi connectivity index (χ4n) is 3.15. The molecule has 0 radical (unpaired) electrons. The van der Waals surface area contributed by atoms with Gasteiger partial charge in [-0.3, -0.25) is 14.4 Å². The van der Waals surface area contributed by atoms with Crippen LogP contribution in [0.25, 0.3) is 0 Å². The van der Waals surface area contributed by atoms with Gasteiger partial charge >= 0.3 is 5.97 Å². The maximum atomic E-state index is 12.1. The molecule has 2 aromatic rings. The van der Waals surface area contributed by atoms with Gasteiger partial charge in [0.2, 0.25) is 0 Å². The number of hydrogen-bond donors (Lipinski definition) is 2. The van der Waals surface area contributed by atoms with Gasteiger partial charge in [0, 0.05) is 10.4 Å². The number of esters is 1. The summed E-state index contributed by atoms with van der Waals surface area (Å²) in [5, 5.41) is 15.1. The maximum absolute atomic E-state index is 12.1. The molecule has 0 aliphatic heterocycles. The van der Waals surface area contributed by atoms with Gasteiger partial charge in [-0.1, -0.05) is 24.6 Å². The Bertz CT molecular complexity index is 947. The van der Waals surface area contributed by atoms with Gasteiger partial charge in [-0.25, -0.2) is 0 Å². The molecule has 8 heteroatoms. The van der Waals surface area contributed by atoms with Crippen molar-refractivity contribution in [2.45, 2.75) is 32.1 Å². The lowest BCUT2D eigenvalue weighted by molar-refractivity contribution is -0.146.